The van der Waals surface area contributed by atoms with Crippen molar-refractivity contribution in [2.45, 2.75) is 19.3 Å². The molecule has 0 aliphatic heterocycles. The summed E-state index contributed by atoms with van der Waals surface area (Å²) in [6, 6.07) is 4.23. The maximum absolute atomic E-state index is 9.00. The van der Waals surface area contributed by atoms with Crippen LogP contribution in [0.15, 0.2) is 23.8 Å². The van der Waals surface area contributed by atoms with Gasteiger partial charge in [-0.05, 0) is 19.9 Å². The number of hydrogen-bond donors (Lipinski definition) is 1. The number of nitriles is 1. The molecule has 0 spiro atoms. The molecule has 2 heterocycles. The number of nitrogens with zero attached hydrogens (tertiary/aromatic N) is 2. The maximum Gasteiger partial charge on any atom is 0.113 e. The Morgan fingerprint density at radius 1 is 1.53 bits per heavy atom. The number of rotatable bonds is 2. The third-order valence-corrected chi connectivity index (χ3v) is 3.38. The summed E-state index contributed by atoms with van der Waals surface area (Å²) in [7, 11) is 0. The average molecular weight is 217 g/mol. The Bertz CT molecular complexity index is 488. The lowest BCUT2D eigenvalue weighted by Crippen LogP contribution is -2.13. The van der Waals surface area contributed by atoms with Gasteiger partial charge in [-0.15, -0.1) is 11.3 Å². The second kappa shape index (κ2) is 3.52. The zero-order chi connectivity index (χ0) is 10.9. The van der Waals surface area contributed by atoms with E-state index in [9.17, 15) is 0 Å². The number of aromatic nitrogens is 2. The van der Waals surface area contributed by atoms with Gasteiger partial charge in [0, 0.05) is 23.3 Å². The topological polar surface area (TPSA) is 52.5 Å². The van der Waals surface area contributed by atoms with Gasteiger partial charge in [-0.3, -0.25) is 0 Å². The van der Waals surface area contributed by atoms with Gasteiger partial charge >= 0.3 is 0 Å². The predicted octanol–water partition coefficient (Wildman–Crippen LogP) is 2.94. The summed E-state index contributed by atoms with van der Waals surface area (Å²) in [6.45, 7) is 3.76. The third-order valence-electron chi connectivity index (χ3n) is 2.21. The highest BCUT2D eigenvalue weighted by Crippen LogP contribution is 2.29. The van der Waals surface area contributed by atoms with E-state index >= 15 is 0 Å². The van der Waals surface area contributed by atoms with E-state index in [0.29, 0.717) is 0 Å². The minimum absolute atomic E-state index is 0.501. The average Bonchev–Trinajstić information content (AvgIpc) is 2.88. The molecule has 0 unspecified atom stereocenters. The molecule has 15 heavy (non-hydrogen) atoms. The van der Waals surface area contributed by atoms with Crippen LogP contribution < -0.4 is 0 Å². The summed E-state index contributed by atoms with van der Waals surface area (Å²) in [6.07, 6.45) is 3.77. The summed E-state index contributed by atoms with van der Waals surface area (Å²) in [5.74, 6) is 0. The molecule has 0 bridgehead atoms. The zero-order valence-corrected chi connectivity index (χ0v) is 9.43. The van der Waals surface area contributed by atoms with Crippen LogP contribution in [0.2, 0.25) is 0 Å². The molecule has 0 saturated carbocycles. The molecule has 0 radical (unpaired) electrons. The van der Waals surface area contributed by atoms with E-state index in [-0.39, 0.29) is 0 Å². The van der Waals surface area contributed by atoms with Crippen molar-refractivity contribution in [3.63, 3.8) is 0 Å². The molecule has 2 aromatic heterocycles. The summed E-state index contributed by atoms with van der Waals surface area (Å²) >= 11 is 1.53. The van der Waals surface area contributed by atoms with Gasteiger partial charge < -0.3 is 4.98 Å². The van der Waals surface area contributed by atoms with E-state index in [1.807, 2.05) is 37.7 Å². The Hall–Kier alpha value is -1.60. The second-order valence-electron chi connectivity index (χ2n) is 3.87. The molecule has 0 fully saturated rings. The monoisotopic (exact) mass is 217 g/mol. The zero-order valence-electron chi connectivity index (χ0n) is 8.61. The van der Waals surface area contributed by atoms with Crippen LogP contribution in [0.4, 0.5) is 0 Å². The normalized spacial score (nSPS) is 11.3. The van der Waals surface area contributed by atoms with Crippen molar-refractivity contribution in [2.75, 3.05) is 0 Å². The highest BCUT2D eigenvalue weighted by molar-refractivity contribution is 7.10. The summed E-state index contributed by atoms with van der Waals surface area (Å²) in [5.41, 5.74) is 1.49. The van der Waals surface area contributed by atoms with Crippen molar-refractivity contribution < 1.29 is 0 Å². The molecule has 3 nitrogen and oxygen atoms in total. The summed E-state index contributed by atoms with van der Waals surface area (Å²) < 4.78 is 0. The van der Waals surface area contributed by atoms with Crippen LogP contribution in [-0.4, -0.2) is 9.97 Å². The Kier molecular flexibility index (Phi) is 2.33. The molecule has 2 aromatic rings. The molecule has 4 heteroatoms. The van der Waals surface area contributed by atoms with Crippen molar-refractivity contribution in [3.8, 4) is 17.3 Å². The minimum atomic E-state index is -0.501. The van der Waals surface area contributed by atoms with Gasteiger partial charge in [-0.2, -0.15) is 5.26 Å². The fraction of sp³-hybridized carbons (Fsp3) is 0.273. The number of thiazole rings is 1. The van der Waals surface area contributed by atoms with E-state index in [1.54, 1.807) is 0 Å². The van der Waals surface area contributed by atoms with Gasteiger partial charge in [0.15, 0.2) is 0 Å². The lowest BCUT2D eigenvalue weighted by Gasteiger charge is -2.09. The standard InChI is InChI=1S/C11H11N3S/c1-11(2,7-12)10-14-9(6-15-10)8-3-4-13-5-8/h3-6,13H,1-2H3. The highest BCUT2D eigenvalue weighted by Gasteiger charge is 2.23. The van der Waals surface area contributed by atoms with Crippen molar-refractivity contribution in [2.24, 2.45) is 0 Å². The number of hydrogen-bond acceptors (Lipinski definition) is 3. The van der Waals surface area contributed by atoms with Crippen molar-refractivity contribution >= 4 is 11.3 Å². The van der Waals surface area contributed by atoms with Gasteiger partial charge in [0.1, 0.15) is 10.4 Å². The van der Waals surface area contributed by atoms with E-state index < -0.39 is 5.41 Å². The van der Waals surface area contributed by atoms with E-state index in [4.69, 9.17) is 5.26 Å². The van der Waals surface area contributed by atoms with E-state index in [0.717, 1.165) is 16.3 Å². The molecule has 0 amide bonds. The Labute approximate surface area is 92.4 Å². The lowest BCUT2D eigenvalue weighted by molar-refractivity contribution is 0.680. The number of nitrogens with one attached hydrogen (secondary N) is 1. The van der Waals surface area contributed by atoms with E-state index in [2.05, 4.69) is 16.0 Å². The predicted molar refractivity (Wildman–Crippen MR) is 60.5 cm³/mol. The van der Waals surface area contributed by atoms with Gasteiger partial charge in [0.2, 0.25) is 0 Å². The molecular weight excluding hydrogens is 206 g/mol. The molecule has 76 valence electrons. The van der Waals surface area contributed by atoms with Crippen LogP contribution in [0.1, 0.15) is 18.9 Å². The second-order valence-corrected chi connectivity index (χ2v) is 4.73. The quantitative estimate of drug-likeness (QED) is 0.840. The number of H-pyrrole nitrogens is 1. The number of aromatic amines is 1. The first-order valence-corrected chi connectivity index (χ1v) is 5.52. The maximum atomic E-state index is 9.00. The molecule has 1 N–H and O–H groups in total. The molecular formula is C11H11N3S. The smallest absolute Gasteiger partial charge is 0.113 e. The SMILES string of the molecule is CC(C)(C#N)c1nc(-c2cc[nH]c2)cs1. The fourth-order valence-corrected chi connectivity index (χ4v) is 2.13. The Morgan fingerprint density at radius 2 is 2.33 bits per heavy atom. The van der Waals surface area contributed by atoms with Crippen molar-refractivity contribution in [3.05, 3.63) is 28.8 Å². The Balaban J connectivity index is 2.38. The van der Waals surface area contributed by atoms with Crippen molar-refractivity contribution in [1.29, 1.82) is 5.26 Å². The molecule has 0 saturated heterocycles. The lowest BCUT2D eigenvalue weighted by atomic mass is 9.97. The van der Waals surface area contributed by atoms with Crippen LogP contribution in [0, 0.1) is 11.3 Å². The molecule has 0 aromatic carbocycles. The van der Waals surface area contributed by atoms with Crippen molar-refractivity contribution in [1.82, 2.24) is 9.97 Å². The van der Waals surface area contributed by atoms with Gasteiger partial charge in [0.25, 0.3) is 0 Å². The largest absolute Gasteiger partial charge is 0.367 e. The Morgan fingerprint density at radius 3 is 2.93 bits per heavy atom. The van der Waals surface area contributed by atoms with Crippen LogP contribution in [0.3, 0.4) is 0 Å². The van der Waals surface area contributed by atoms with Gasteiger partial charge in [-0.1, -0.05) is 0 Å². The van der Waals surface area contributed by atoms with Gasteiger partial charge in [0.05, 0.1) is 11.8 Å². The van der Waals surface area contributed by atoms with Crippen LogP contribution in [0.5, 0.6) is 0 Å². The first kappa shape index (κ1) is 9.94. The molecule has 2 rings (SSSR count). The first-order chi connectivity index (χ1) is 7.13. The van der Waals surface area contributed by atoms with Crippen LogP contribution in [0.25, 0.3) is 11.3 Å². The molecule has 0 aliphatic carbocycles. The summed E-state index contributed by atoms with van der Waals surface area (Å²) in [4.78, 5) is 7.46. The molecule has 0 atom stereocenters. The van der Waals surface area contributed by atoms with Crippen LogP contribution >= 0.6 is 11.3 Å². The highest BCUT2D eigenvalue weighted by atomic mass is 32.1. The first-order valence-electron chi connectivity index (χ1n) is 4.64. The van der Waals surface area contributed by atoms with E-state index in [1.165, 1.54) is 11.3 Å². The minimum Gasteiger partial charge on any atom is -0.367 e. The fourth-order valence-electron chi connectivity index (χ4n) is 1.22. The van der Waals surface area contributed by atoms with Crippen LogP contribution in [-0.2, 0) is 5.41 Å². The van der Waals surface area contributed by atoms with Gasteiger partial charge in [-0.25, -0.2) is 4.98 Å². The third kappa shape index (κ3) is 1.79. The molecule has 0 aliphatic rings. The summed E-state index contributed by atoms with van der Waals surface area (Å²) in [5, 5.41) is 11.8.